The largest absolute Gasteiger partial charge is 0.455 e. The van der Waals surface area contributed by atoms with Crippen molar-refractivity contribution in [2.75, 3.05) is 6.54 Å². The smallest absolute Gasteiger partial charge is 0.331 e. The molecule has 0 aliphatic heterocycles. The van der Waals surface area contributed by atoms with Crippen LogP contribution in [0.1, 0.15) is 36.0 Å². The highest BCUT2D eigenvalue weighted by Gasteiger charge is 2.19. The van der Waals surface area contributed by atoms with Gasteiger partial charge < -0.3 is 4.74 Å². The van der Waals surface area contributed by atoms with E-state index in [2.05, 4.69) is 4.98 Å². The van der Waals surface area contributed by atoms with Crippen LogP contribution in [0, 0.1) is 16.0 Å². The number of nitrogens with zero attached hydrogens (tertiary/aromatic N) is 2. The number of hydrogen-bond donors (Lipinski definition) is 0. The van der Waals surface area contributed by atoms with Gasteiger partial charge in [-0.2, -0.15) is 0 Å². The van der Waals surface area contributed by atoms with Crippen LogP contribution in [0.25, 0.3) is 10.2 Å². The van der Waals surface area contributed by atoms with E-state index in [1.807, 2.05) is 30.3 Å². The average Bonchev–Trinajstić information content (AvgIpc) is 3.15. The number of benzene rings is 1. The molecule has 1 aliphatic carbocycles. The fraction of sp³-hybridized carbons (Fsp3) is 0.318. The summed E-state index contributed by atoms with van der Waals surface area (Å²) in [5.41, 5.74) is 1.68. The molecule has 2 aromatic rings. The molecule has 156 valence electrons. The Bertz CT molecular complexity index is 1000. The van der Waals surface area contributed by atoms with Gasteiger partial charge >= 0.3 is 5.97 Å². The first-order chi connectivity index (χ1) is 14.4. The van der Waals surface area contributed by atoms with Crippen LogP contribution < -0.4 is 0 Å². The number of para-hydroxylation sites is 1. The van der Waals surface area contributed by atoms with Gasteiger partial charge in [-0.1, -0.05) is 29.9 Å². The maximum atomic E-state index is 12.3. The van der Waals surface area contributed by atoms with Crippen molar-refractivity contribution in [1.29, 1.82) is 0 Å². The first-order valence-corrected chi connectivity index (χ1v) is 10.5. The van der Waals surface area contributed by atoms with Gasteiger partial charge in [0.15, 0.2) is 5.01 Å². The standard InChI is InChI=1S/C22H22N2O5S/c1-15(9-11-19(25)22-23-18-7-2-3-8-20(18)30-22)29-21(26)12-10-16-5-4-6-17(13-16)14-24(27)28/h2-3,5,7-12,15,17H,4,6,13-14H2,1H3/b11-9-,12-10+/t15-,17?/m1/s1. The summed E-state index contributed by atoms with van der Waals surface area (Å²) in [6.07, 6.45) is 9.39. The van der Waals surface area contributed by atoms with Gasteiger partial charge in [-0.3, -0.25) is 14.9 Å². The van der Waals surface area contributed by atoms with Crippen molar-refractivity contribution in [3.63, 3.8) is 0 Å². The lowest BCUT2D eigenvalue weighted by Crippen LogP contribution is -2.17. The topological polar surface area (TPSA) is 99.4 Å². The molecule has 30 heavy (non-hydrogen) atoms. The summed E-state index contributed by atoms with van der Waals surface area (Å²) in [5.74, 6) is -0.772. The Morgan fingerprint density at radius 1 is 1.37 bits per heavy atom. The number of esters is 1. The average molecular weight is 426 g/mol. The quantitative estimate of drug-likeness (QED) is 0.202. The van der Waals surface area contributed by atoms with Crippen molar-refractivity contribution >= 4 is 33.3 Å². The molecule has 0 amide bonds. The molecule has 0 N–H and O–H groups in total. The Morgan fingerprint density at radius 3 is 2.93 bits per heavy atom. The number of thiazole rings is 1. The van der Waals surface area contributed by atoms with Gasteiger partial charge in [-0.05, 0) is 50.5 Å². The predicted molar refractivity (Wildman–Crippen MR) is 115 cm³/mol. The van der Waals surface area contributed by atoms with Crippen LogP contribution in [0.3, 0.4) is 0 Å². The molecule has 2 atom stereocenters. The van der Waals surface area contributed by atoms with Gasteiger partial charge in [0, 0.05) is 16.9 Å². The predicted octanol–water partition coefficient (Wildman–Crippen LogP) is 4.53. The molecule has 1 heterocycles. The summed E-state index contributed by atoms with van der Waals surface area (Å²) in [6.45, 7) is 1.61. The maximum Gasteiger partial charge on any atom is 0.331 e. The van der Waals surface area contributed by atoms with Crippen molar-refractivity contribution < 1.29 is 19.2 Å². The minimum absolute atomic E-state index is 0.00366. The molecular weight excluding hydrogens is 404 g/mol. The number of rotatable bonds is 8. The van der Waals surface area contributed by atoms with E-state index in [9.17, 15) is 19.7 Å². The van der Waals surface area contributed by atoms with Gasteiger partial charge in [0.05, 0.1) is 10.2 Å². The fourth-order valence-corrected chi connectivity index (χ4v) is 4.12. The van der Waals surface area contributed by atoms with Crippen LogP contribution in [-0.4, -0.2) is 34.3 Å². The normalized spacial score (nSPS) is 17.9. The fourth-order valence-electron chi connectivity index (χ4n) is 3.23. The van der Waals surface area contributed by atoms with Crippen LogP contribution in [-0.2, 0) is 9.53 Å². The molecule has 0 bridgehead atoms. The molecule has 1 aliphatic rings. The highest BCUT2D eigenvalue weighted by atomic mass is 32.1. The second kappa shape index (κ2) is 10.1. The van der Waals surface area contributed by atoms with Crippen LogP contribution >= 0.6 is 11.3 Å². The molecule has 0 fully saturated rings. The zero-order valence-electron chi connectivity index (χ0n) is 16.5. The lowest BCUT2D eigenvalue weighted by molar-refractivity contribution is -0.488. The summed E-state index contributed by atoms with van der Waals surface area (Å²) in [6, 6.07) is 7.52. The Balaban J connectivity index is 1.50. The Hall–Kier alpha value is -3.13. The zero-order valence-corrected chi connectivity index (χ0v) is 17.3. The van der Waals surface area contributed by atoms with E-state index >= 15 is 0 Å². The number of hydrogen-bond acceptors (Lipinski definition) is 7. The molecule has 1 unspecified atom stereocenters. The lowest BCUT2D eigenvalue weighted by Gasteiger charge is -2.17. The van der Waals surface area contributed by atoms with E-state index < -0.39 is 12.1 Å². The molecule has 0 radical (unpaired) electrons. The molecule has 0 spiro atoms. The van der Waals surface area contributed by atoms with Crippen molar-refractivity contribution in [3.8, 4) is 0 Å². The summed E-state index contributed by atoms with van der Waals surface area (Å²) >= 11 is 1.32. The summed E-state index contributed by atoms with van der Waals surface area (Å²) in [7, 11) is 0. The molecule has 0 saturated carbocycles. The first kappa shape index (κ1) is 21.6. The second-order valence-electron chi connectivity index (χ2n) is 7.13. The Kier molecular flexibility index (Phi) is 7.24. The minimum Gasteiger partial charge on any atom is -0.455 e. The minimum atomic E-state index is -0.581. The van der Waals surface area contributed by atoms with Crippen molar-refractivity contribution in [2.45, 2.75) is 32.3 Å². The van der Waals surface area contributed by atoms with Crippen molar-refractivity contribution in [3.05, 3.63) is 75.3 Å². The Labute approximate surface area is 177 Å². The third-order valence-corrected chi connectivity index (χ3v) is 5.72. The van der Waals surface area contributed by atoms with E-state index in [1.54, 1.807) is 13.0 Å². The maximum absolute atomic E-state index is 12.3. The SMILES string of the molecule is C[C@H](/C=C\C(=O)c1nc2ccccc2s1)OC(=O)/C=C/C1=CCCC(C[N+](=O)[O-])C1. The third-order valence-electron chi connectivity index (χ3n) is 4.67. The van der Waals surface area contributed by atoms with Crippen LogP contribution in [0.2, 0.25) is 0 Å². The molecule has 3 rings (SSSR count). The number of fused-ring (bicyclic) bond motifs is 1. The van der Waals surface area contributed by atoms with Gasteiger partial charge in [0.1, 0.15) is 6.10 Å². The van der Waals surface area contributed by atoms with Crippen LogP contribution in [0.15, 0.2) is 60.2 Å². The number of allylic oxidation sites excluding steroid dienone is 4. The molecule has 1 aromatic heterocycles. The van der Waals surface area contributed by atoms with Crippen LogP contribution in [0.5, 0.6) is 0 Å². The van der Waals surface area contributed by atoms with Gasteiger partial charge in [0.2, 0.25) is 12.3 Å². The summed E-state index contributed by atoms with van der Waals surface area (Å²) in [5, 5.41) is 11.1. The zero-order chi connectivity index (χ0) is 21.5. The van der Waals surface area contributed by atoms with Gasteiger partial charge in [-0.15, -0.1) is 11.3 Å². The van der Waals surface area contributed by atoms with E-state index in [0.717, 1.165) is 28.6 Å². The highest BCUT2D eigenvalue weighted by molar-refractivity contribution is 7.20. The van der Waals surface area contributed by atoms with E-state index in [0.29, 0.717) is 11.4 Å². The number of carbonyl (C=O) groups excluding carboxylic acids is 2. The second-order valence-corrected chi connectivity index (χ2v) is 8.16. The molecular formula is C22H22N2O5S. The molecule has 0 saturated heterocycles. The number of carbonyl (C=O) groups is 2. The van der Waals surface area contributed by atoms with Crippen LogP contribution in [0.4, 0.5) is 0 Å². The summed E-state index contributed by atoms with van der Waals surface area (Å²) in [4.78, 5) is 39.0. The third kappa shape index (κ3) is 6.18. The number of ketones is 1. The van der Waals surface area contributed by atoms with Crippen molar-refractivity contribution in [1.82, 2.24) is 4.98 Å². The number of aromatic nitrogens is 1. The number of ether oxygens (including phenoxy) is 1. The monoisotopic (exact) mass is 426 g/mol. The first-order valence-electron chi connectivity index (χ1n) is 9.68. The van der Waals surface area contributed by atoms with Gasteiger partial charge in [-0.25, -0.2) is 9.78 Å². The van der Waals surface area contributed by atoms with E-state index in [4.69, 9.17) is 4.74 Å². The highest BCUT2D eigenvalue weighted by Crippen LogP contribution is 2.25. The van der Waals surface area contributed by atoms with E-state index in [-0.39, 0.29) is 23.2 Å². The molecule has 1 aromatic carbocycles. The Morgan fingerprint density at radius 2 is 2.17 bits per heavy atom. The molecule has 8 heteroatoms. The van der Waals surface area contributed by atoms with Gasteiger partial charge in [0.25, 0.3) is 0 Å². The van der Waals surface area contributed by atoms with E-state index in [1.165, 1.54) is 29.6 Å². The van der Waals surface area contributed by atoms with Crippen molar-refractivity contribution in [2.24, 2.45) is 5.92 Å². The lowest BCUT2D eigenvalue weighted by atomic mass is 9.89. The number of nitro groups is 1. The molecule has 7 nitrogen and oxygen atoms in total. The summed E-state index contributed by atoms with van der Waals surface area (Å²) < 4.78 is 6.20.